The number of amides is 1. The summed E-state index contributed by atoms with van der Waals surface area (Å²) in [4.78, 5) is 96.5. The summed E-state index contributed by atoms with van der Waals surface area (Å²) >= 11 is 0. The molecule has 4 N–H and O–H groups in total. The third-order valence-electron chi connectivity index (χ3n) is 6.42. The van der Waals surface area contributed by atoms with Crippen LogP contribution in [0.25, 0.3) is 10.4 Å². The molecule has 0 bridgehead atoms. The molecule has 24 nitrogen and oxygen atoms in total. The van der Waals surface area contributed by atoms with Crippen LogP contribution in [0.1, 0.15) is 39.8 Å². The number of nitrogens with one attached hydrogen (secondary N) is 2. The van der Waals surface area contributed by atoms with Crippen molar-refractivity contribution in [3.8, 4) is 0 Å². The topological polar surface area (TPSA) is 332 Å². The summed E-state index contributed by atoms with van der Waals surface area (Å²) in [5.74, 6) is -3.92. The number of carbonyl (C=O) groups excluding carboxylic acids is 4. The number of aromatic nitrogens is 2. The van der Waals surface area contributed by atoms with Crippen LogP contribution in [-0.4, -0.2) is 99.7 Å². The van der Waals surface area contributed by atoms with Crippen LogP contribution in [-0.2, 0) is 65.4 Å². The van der Waals surface area contributed by atoms with E-state index in [9.17, 15) is 47.7 Å². The largest absolute Gasteiger partial charge is 0.483 e. The molecule has 2 fully saturated rings. The highest BCUT2D eigenvalue weighted by molar-refractivity contribution is 7.61. The van der Waals surface area contributed by atoms with Crippen LogP contribution in [0.3, 0.4) is 0 Å². The zero-order valence-electron chi connectivity index (χ0n) is 25.8. The van der Waals surface area contributed by atoms with Gasteiger partial charge in [0.1, 0.15) is 31.5 Å². The summed E-state index contributed by atoms with van der Waals surface area (Å²) in [5, 5.41) is 5.24. The average molecular weight is 742 g/mol. The van der Waals surface area contributed by atoms with E-state index in [1.165, 1.54) is 6.20 Å². The minimum atomic E-state index is -5.76. The number of rotatable bonds is 15. The van der Waals surface area contributed by atoms with E-state index in [2.05, 4.69) is 19.7 Å². The molecule has 26 heteroatoms. The first-order valence-electron chi connectivity index (χ1n) is 14.0. The molecule has 1 aromatic rings. The van der Waals surface area contributed by atoms with Gasteiger partial charge in [-0.3, -0.25) is 42.6 Å². The van der Waals surface area contributed by atoms with Gasteiger partial charge in [0.2, 0.25) is 5.91 Å². The second-order valence-corrected chi connectivity index (χ2v) is 13.2. The van der Waals surface area contributed by atoms with Gasteiger partial charge in [-0.05, 0) is 18.4 Å². The van der Waals surface area contributed by atoms with E-state index < -0.39 is 113 Å². The smallest absolute Gasteiger partial charge is 0.463 e. The molecule has 0 radical (unpaired) electrons. The van der Waals surface area contributed by atoms with E-state index in [-0.39, 0.29) is 12.8 Å². The van der Waals surface area contributed by atoms with Gasteiger partial charge in [-0.25, -0.2) is 13.9 Å². The molecular formula is C23H32N6O18P2. The molecule has 0 aliphatic carbocycles. The van der Waals surface area contributed by atoms with Crippen molar-refractivity contribution in [3.05, 3.63) is 43.5 Å². The highest BCUT2D eigenvalue weighted by atomic mass is 31.3. The van der Waals surface area contributed by atoms with Gasteiger partial charge in [0, 0.05) is 37.9 Å². The summed E-state index contributed by atoms with van der Waals surface area (Å²) in [5.41, 5.74) is 7.16. The number of carbonyl (C=O) groups is 4. The Morgan fingerprint density at radius 2 is 1.71 bits per heavy atom. The van der Waals surface area contributed by atoms with Crippen molar-refractivity contribution in [2.24, 2.45) is 5.11 Å². The molecule has 1 amide bonds. The zero-order chi connectivity index (χ0) is 36.5. The second kappa shape index (κ2) is 17.1. The van der Waals surface area contributed by atoms with E-state index in [1.807, 2.05) is 4.98 Å². The lowest BCUT2D eigenvalue weighted by atomic mass is 9.96. The summed E-state index contributed by atoms with van der Waals surface area (Å²) in [6.07, 6.45) is -7.50. The van der Waals surface area contributed by atoms with Crippen molar-refractivity contribution < 1.29 is 75.1 Å². The Morgan fingerprint density at radius 3 is 2.33 bits per heavy atom. The molecule has 3 rings (SSSR count). The maximum absolute atomic E-state index is 13.0. The molecule has 2 saturated heterocycles. The van der Waals surface area contributed by atoms with Gasteiger partial charge >= 0.3 is 39.2 Å². The Kier molecular flexibility index (Phi) is 13.8. The van der Waals surface area contributed by atoms with Crippen molar-refractivity contribution >= 4 is 39.5 Å². The number of H-pyrrole nitrogens is 1. The molecule has 0 saturated carbocycles. The third kappa shape index (κ3) is 12.2. The van der Waals surface area contributed by atoms with Gasteiger partial charge in [0.15, 0.2) is 18.5 Å². The molecule has 3 heterocycles. The van der Waals surface area contributed by atoms with Gasteiger partial charge in [-0.2, -0.15) is 4.31 Å². The van der Waals surface area contributed by atoms with Crippen molar-refractivity contribution in [2.75, 3.05) is 19.8 Å². The van der Waals surface area contributed by atoms with E-state index in [0.717, 1.165) is 31.4 Å². The fourth-order valence-electron chi connectivity index (χ4n) is 4.62. The van der Waals surface area contributed by atoms with E-state index in [0.29, 0.717) is 0 Å². The number of aromatic amines is 1. The molecule has 49 heavy (non-hydrogen) atoms. The first-order valence-corrected chi connectivity index (χ1v) is 17.0. The fourth-order valence-corrected chi connectivity index (χ4v) is 6.81. The van der Waals surface area contributed by atoms with Crippen LogP contribution in [0.4, 0.5) is 0 Å². The van der Waals surface area contributed by atoms with Crippen molar-refractivity contribution in [2.45, 2.75) is 76.6 Å². The molecule has 1 aromatic heterocycles. The lowest BCUT2D eigenvalue weighted by Gasteiger charge is -2.44. The highest BCUT2D eigenvalue weighted by Gasteiger charge is 2.54. The summed E-state index contributed by atoms with van der Waals surface area (Å²) in [6.45, 7) is 0.620. The van der Waals surface area contributed by atoms with E-state index >= 15 is 0 Å². The predicted octanol–water partition coefficient (Wildman–Crippen LogP) is -0.589. The summed E-state index contributed by atoms with van der Waals surface area (Å²) in [6, 6.07) is -0.787. The number of phosphoric ester groups is 2. The minimum absolute atomic E-state index is 0.182. The lowest BCUT2D eigenvalue weighted by molar-refractivity contribution is -0.259. The van der Waals surface area contributed by atoms with E-state index in [4.69, 9.17) is 38.3 Å². The Hall–Kier alpha value is -3.95. The number of azide groups is 1. The summed E-state index contributed by atoms with van der Waals surface area (Å²) < 4.78 is 67.4. The first kappa shape index (κ1) is 39.5. The number of hydrogen-bond acceptors (Lipinski definition) is 17. The molecule has 0 spiro atoms. The van der Waals surface area contributed by atoms with Crippen LogP contribution < -0.4 is 16.6 Å². The molecule has 0 aromatic carbocycles. The molecule has 9 atom stereocenters. The molecule has 4 unspecified atom stereocenters. The maximum Gasteiger partial charge on any atom is 0.483 e. The van der Waals surface area contributed by atoms with Crippen molar-refractivity contribution in [1.29, 1.82) is 0 Å². The van der Waals surface area contributed by atoms with Gasteiger partial charge in [0.25, 0.3) is 5.56 Å². The average Bonchev–Trinajstić information content (AvgIpc) is 3.44. The van der Waals surface area contributed by atoms with Crippen molar-refractivity contribution in [3.63, 3.8) is 0 Å². The van der Waals surface area contributed by atoms with Crippen LogP contribution >= 0.6 is 15.6 Å². The maximum atomic E-state index is 13.0. The number of nitrogens with zero attached hydrogens (tertiary/aromatic N) is 4. The Balaban J connectivity index is 1.80. The lowest BCUT2D eigenvalue weighted by Crippen LogP contribution is -2.66. The van der Waals surface area contributed by atoms with Crippen LogP contribution in [0.15, 0.2) is 27.0 Å². The normalized spacial score (nSPS) is 27.4. The third-order valence-corrected chi connectivity index (χ3v) is 9.02. The molecule has 2 aliphatic heterocycles. The van der Waals surface area contributed by atoms with Gasteiger partial charge in [0.05, 0.1) is 12.7 Å². The van der Waals surface area contributed by atoms with Gasteiger partial charge in [-0.15, -0.1) is 0 Å². The van der Waals surface area contributed by atoms with Crippen molar-refractivity contribution in [1.82, 2.24) is 14.9 Å². The van der Waals surface area contributed by atoms with Crippen LogP contribution in [0.5, 0.6) is 0 Å². The predicted molar refractivity (Wildman–Crippen MR) is 155 cm³/mol. The van der Waals surface area contributed by atoms with Crippen LogP contribution in [0, 0.1) is 0 Å². The minimum Gasteiger partial charge on any atom is -0.463 e. The quantitative estimate of drug-likeness (QED) is 0.0435. The van der Waals surface area contributed by atoms with Gasteiger partial charge in [-0.1, -0.05) is 5.11 Å². The Labute approximate surface area is 274 Å². The molecule has 2 aliphatic rings. The number of phosphoric acid groups is 2. The standard InChI is InChI=1S/C23H32N6O18P2/c1-11(30)40-10-15-20(42-12(2)31)21(43-13(3)32)19(26-17(34)8-25-28-24)22(45-15)46-49(38,39)47-48(36,37)41-9-14-4-5-18(44-14)29-7-6-16(33)27-23(29)35/h6-7,14-15,18-22H,4-5,8-10H2,1-3H3,(H,26,34)(H,36,37)(H,38,39)(H,27,33,35)/t14-,15?,18+,19-,20-,21?,22+/m0/s1. The number of ether oxygens (including phenoxy) is 5. The monoisotopic (exact) mass is 742 g/mol. The Bertz CT molecular complexity index is 1660. The van der Waals surface area contributed by atoms with E-state index in [1.54, 1.807) is 0 Å². The SMILES string of the molecule is CC(=O)OCC1O[C@H](OP(=O)(O)OP(=O)(O)OC[C@@H]2CC[C@H](n3ccc(=O)[nH]c3=O)O2)[C@@H](NC(=O)CN=[N+]=[N-])C(OC(C)=O)[C@H]1OC(C)=O. The fraction of sp³-hybridized carbons (Fsp3) is 0.652. The van der Waals surface area contributed by atoms with Gasteiger partial charge < -0.3 is 38.8 Å². The number of hydrogen-bond donors (Lipinski definition) is 4. The highest BCUT2D eigenvalue weighted by Crippen LogP contribution is 2.61. The zero-order valence-corrected chi connectivity index (χ0v) is 27.6. The Morgan fingerprint density at radius 1 is 1.04 bits per heavy atom. The number of esters is 3. The first-order chi connectivity index (χ1) is 22.9. The molecular weight excluding hydrogens is 710 g/mol. The summed E-state index contributed by atoms with van der Waals surface area (Å²) in [7, 11) is -11.2. The molecule has 272 valence electrons. The van der Waals surface area contributed by atoms with Crippen LogP contribution in [0.2, 0.25) is 0 Å². The second-order valence-electron chi connectivity index (χ2n) is 10.2.